The fourth-order valence-electron chi connectivity index (χ4n) is 3.04. The Bertz CT molecular complexity index is 666. The summed E-state index contributed by atoms with van der Waals surface area (Å²) in [5, 5.41) is 9.91. The second-order valence-electron chi connectivity index (χ2n) is 5.87. The average molecular weight is 373 g/mol. The van der Waals surface area contributed by atoms with Gasteiger partial charge in [0.05, 0.1) is 12.6 Å². The number of nitrogens with zero attached hydrogens (tertiary/aromatic N) is 2. The number of aromatic hydroxyl groups is 1. The third-order valence-corrected chi connectivity index (χ3v) is 4.76. The molecule has 0 aliphatic carbocycles. The molecule has 0 aromatic heterocycles. The number of benzene rings is 2. The van der Waals surface area contributed by atoms with E-state index in [4.69, 9.17) is 0 Å². The lowest BCUT2D eigenvalue weighted by molar-refractivity contribution is 0.252. The van der Waals surface area contributed by atoms with Crippen LogP contribution in [0, 0.1) is 0 Å². The predicted octanol–water partition coefficient (Wildman–Crippen LogP) is 4.41. The molecule has 1 N–H and O–H groups in total. The predicted molar refractivity (Wildman–Crippen MR) is 98.3 cm³/mol. The summed E-state index contributed by atoms with van der Waals surface area (Å²) in [6, 6.07) is 16.3. The van der Waals surface area contributed by atoms with Gasteiger partial charge in [0, 0.05) is 16.3 Å². The normalized spacial score (nSPS) is 16.9. The molecule has 23 heavy (non-hydrogen) atoms. The van der Waals surface area contributed by atoms with Gasteiger partial charge >= 0.3 is 0 Å². The second-order valence-corrected chi connectivity index (χ2v) is 6.78. The minimum atomic E-state index is 0.259. The molecule has 0 unspecified atom stereocenters. The molecule has 0 spiro atoms. The van der Waals surface area contributed by atoms with Crippen molar-refractivity contribution in [2.24, 2.45) is 4.99 Å². The van der Waals surface area contributed by atoms with Crippen molar-refractivity contribution in [2.75, 3.05) is 19.6 Å². The number of halogens is 1. The molecule has 2 aromatic rings. The summed E-state index contributed by atoms with van der Waals surface area (Å²) in [4.78, 5) is 7.12. The summed E-state index contributed by atoms with van der Waals surface area (Å²) in [5.74, 6) is 0.259. The lowest BCUT2D eigenvalue weighted by atomic mass is 10.1. The molecule has 4 heteroatoms. The van der Waals surface area contributed by atoms with Crippen LogP contribution in [-0.4, -0.2) is 35.9 Å². The van der Waals surface area contributed by atoms with Crippen molar-refractivity contribution in [1.82, 2.24) is 4.90 Å². The van der Waals surface area contributed by atoms with Crippen molar-refractivity contribution < 1.29 is 5.11 Å². The molecule has 0 radical (unpaired) electrons. The van der Waals surface area contributed by atoms with E-state index in [0.717, 1.165) is 23.1 Å². The van der Waals surface area contributed by atoms with Crippen LogP contribution in [0.25, 0.3) is 0 Å². The van der Waals surface area contributed by atoms with Gasteiger partial charge in [-0.1, -0.05) is 46.3 Å². The van der Waals surface area contributed by atoms with Gasteiger partial charge in [-0.25, -0.2) is 0 Å². The Morgan fingerprint density at radius 2 is 1.87 bits per heavy atom. The van der Waals surface area contributed by atoms with Crippen LogP contribution in [0.3, 0.4) is 0 Å². The van der Waals surface area contributed by atoms with Gasteiger partial charge in [-0.2, -0.15) is 0 Å². The first-order valence-electron chi connectivity index (χ1n) is 8.01. The minimum Gasteiger partial charge on any atom is -0.507 e. The smallest absolute Gasteiger partial charge is 0.124 e. The molecule has 0 bridgehead atoms. The van der Waals surface area contributed by atoms with E-state index in [0.29, 0.717) is 12.6 Å². The molecule has 1 atom stereocenters. The molecule has 120 valence electrons. The molecule has 0 amide bonds. The van der Waals surface area contributed by atoms with E-state index in [1.807, 2.05) is 18.2 Å². The van der Waals surface area contributed by atoms with Crippen molar-refractivity contribution in [3.05, 3.63) is 64.1 Å². The Balaban J connectivity index is 1.76. The number of likely N-dealkylation sites (tertiary alicyclic amines) is 1. The first kappa shape index (κ1) is 16.2. The van der Waals surface area contributed by atoms with Gasteiger partial charge < -0.3 is 5.11 Å². The highest BCUT2D eigenvalue weighted by molar-refractivity contribution is 9.10. The van der Waals surface area contributed by atoms with Gasteiger partial charge in [0.2, 0.25) is 0 Å². The van der Waals surface area contributed by atoms with E-state index < -0.39 is 0 Å². The zero-order chi connectivity index (χ0) is 16.1. The van der Waals surface area contributed by atoms with E-state index in [2.05, 4.69) is 50.1 Å². The lowest BCUT2D eigenvalue weighted by Gasteiger charge is -2.26. The third-order valence-electron chi connectivity index (χ3n) is 4.26. The van der Waals surface area contributed by atoms with Gasteiger partial charge in [0.15, 0.2) is 0 Å². The monoisotopic (exact) mass is 372 g/mol. The molecule has 1 fully saturated rings. The van der Waals surface area contributed by atoms with Gasteiger partial charge in [-0.15, -0.1) is 0 Å². The second kappa shape index (κ2) is 7.75. The van der Waals surface area contributed by atoms with Crippen molar-refractivity contribution >= 4 is 22.1 Å². The molecule has 1 aliphatic rings. The molecule has 2 aromatic carbocycles. The van der Waals surface area contributed by atoms with Crippen molar-refractivity contribution in [1.29, 1.82) is 0 Å². The van der Waals surface area contributed by atoms with Crippen molar-refractivity contribution in [2.45, 2.75) is 18.9 Å². The SMILES string of the molecule is Oc1ccc(Br)cc1C=NC[C@H](c1ccccc1)N1CCCC1. The highest BCUT2D eigenvalue weighted by Crippen LogP contribution is 2.26. The maximum absolute atomic E-state index is 9.91. The van der Waals surface area contributed by atoms with Gasteiger partial charge in [-0.3, -0.25) is 9.89 Å². The summed E-state index contributed by atoms with van der Waals surface area (Å²) in [7, 11) is 0. The van der Waals surface area contributed by atoms with Crippen LogP contribution in [0.4, 0.5) is 0 Å². The van der Waals surface area contributed by atoms with Crippen LogP contribution >= 0.6 is 15.9 Å². The number of hydrogen-bond donors (Lipinski definition) is 1. The molecular formula is C19H21BrN2O. The van der Waals surface area contributed by atoms with Crippen LogP contribution < -0.4 is 0 Å². The fourth-order valence-corrected chi connectivity index (χ4v) is 3.42. The highest BCUT2D eigenvalue weighted by Gasteiger charge is 2.22. The van der Waals surface area contributed by atoms with E-state index in [-0.39, 0.29) is 5.75 Å². The van der Waals surface area contributed by atoms with Crippen LogP contribution in [0.5, 0.6) is 5.75 Å². The zero-order valence-electron chi connectivity index (χ0n) is 13.0. The molecular weight excluding hydrogens is 352 g/mol. The van der Waals surface area contributed by atoms with Gasteiger partial charge in [-0.05, 0) is 49.7 Å². The standard InChI is InChI=1S/C19H21BrN2O/c20-17-8-9-19(23)16(12-17)13-21-14-18(22-10-4-5-11-22)15-6-2-1-3-7-15/h1-3,6-9,12-13,18,23H,4-5,10-11,14H2/t18-/m1/s1. The molecule has 3 rings (SSSR count). The van der Waals surface area contributed by atoms with Crippen LogP contribution in [0.1, 0.15) is 30.0 Å². The number of rotatable bonds is 5. The Kier molecular flexibility index (Phi) is 5.47. The number of aliphatic imine (C=N–C) groups is 1. The maximum Gasteiger partial charge on any atom is 0.124 e. The summed E-state index contributed by atoms with van der Waals surface area (Å²) in [6.45, 7) is 2.98. The Morgan fingerprint density at radius 3 is 2.61 bits per heavy atom. The molecule has 1 saturated heterocycles. The summed E-state index contributed by atoms with van der Waals surface area (Å²) < 4.78 is 0.941. The number of phenolic OH excluding ortho intramolecular Hbond substituents is 1. The molecule has 3 nitrogen and oxygen atoms in total. The largest absolute Gasteiger partial charge is 0.507 e. The van der Waals surface area contributed by atoms with E-state index >= 15 is 0 Å². The van der Waals surface area contributed by atoms with Crippen molar-refractivity contribution in [3.63, 3.8) is 0 Å². The Hall–Kier alpha value is -1.65. The minimum absolute atomic E-state index is 0.259. The number of phenols is 1. The van der Waals surface area contributed by atoms with Crippen LogP contribution in [0.2, 0.25) is 0 Å². The van der Waals surface area contributed by atoms with E-state index in [9.17, 15) is 5.11 Å². The third kappa shape index (κ3) is 4.21. The average Bonchev–Trinajstić information content (AvgIpc) is 3.09. The van der Waals surface area contributed by atoms with Crippen LogP contribution in [-0.2, 0) is 0 Å². The Labute approximate surface area is 145 Å². The highest BCUT2D eigenvalue weighted by atomic mass is 79.9. The van der Waals surface area contributed by atoms with E-state index in [1.54, 1.807) is 12.3 Å². The zero-order valence-corrected chi connectivity index (χ0v) is 14.6. The van der Waals surface area contributed by atoms with Crippen LogP contribution in [0.15, 0.2) is 58.0 Å². The quantitative estimate of drug-likeness (QED) is 0.788. The molecule has 1 aliphatic heterocycles. The van der Waals surface area contributed by atoms with Gasteiger partial charge in [0.1, 0.15) is 5.75 Å². The first-order valence-corrected chi connectivity index (χ1v) is 8.80. The summed E-state index contributed by atoms with van der Waals surface area (Å²) in [5.41, 5.74) is 2.05. The topological polar surface area (TPSA) is 35.8 Å². The van der Waals surface area contributed by atoms with Gasteiger partial charge in [0.25, 0.3) is 0 Å². The van der Waals surface area contributed by atoms with E-state index in [1.165, 1.54) is 18.4 Å². The Morgan fingerprint density at radius 1 is 1.13 bits per heavy atom. The molecule has 0 saturated carbocycles. The summed E-state index contributed by atoms with van der Waals surface area (Å²) >= 11 is 3.43. The fraction of sp³-hybridized carbons (Fsp3) is 0.316. The molecule has 1 heterocycles. The summed E-state index contributed by atoms with van der Waals surface area (Å²) in [6.07, 6.45) is 4.30. The number of hydrogen-bond acceptors (Lipinski definition) is 3. The first-order chi connectivity index (χ1) is 11.2. The maximum atomic E-state index is 9.91. The lowest BCUT2D eigenvalue weighted by Crippen LogP contribution is -2.27. The van der Waals surface area contributed by atoms with Crippen molar-refractivity contribution in [3.8, 4) is 5.75 Å².